The van der Waals surface area contributed by atoms with E-state index in [4.69, 9.17) is 16.3 Å². The number of methoxy groups -OCH3 is 1. The Labute approximate surface area is 246 Å². The zero-order valence-corrected chi connectivity index (χ0v) is 25.5. The van der Waals surface area contributed by atoms with Crippen LogP contribution in [0.25, 0.3) is 0 Å². The molecule has 3 rings (SSSR count). The molecule has 0 aliphatic heterocycles. The molecule has 1 atom stereocenters. The molecule has 0 fully saturated rings. The number of ether oxygens (including phenoxy) is 1. The molecule has 1 N–H and O–H groups in total. The van der Waals surface area contributed by atoms with Gasteiger partial charge in [0.1, 0.15) is 24.2 Å². The smallest absolute Gasteiger partial charge is 0.264 e. The van der Waals surface area contributed by atoms with E-state index in [0.29, 0.717) is 11.3 Å². The highest BCUT2D eigenvalue weighted by molar-refractivity contribution is 7.92. The predicted molar refractivity (Wildman–Crippen MR) is 158 cm³/mol. The van der Waals surface area contributed by atoms with E-state index >= 15 is 0 Å². The summed E-state index contributed by atoms with van der Waals surface area (Å²) in [6, 6.07) is 15.2. The van der Waals surface area contributed by atoms with Crippen molar-refractivity contribution in [1.29, 1.82) is 0 Å². The van der Waals surface area contributed by atoms with E-state index in [9.17, 15) is 22.4 Å². The highest BCUT2D eigenvalue weighted by Crippen LogP contribution is 2.32. The van der Waals surface area contributed by atoms with Crippen molar-refractivity contribution in [2.75, 3.05) is 18.0 Å². The van der Waals surface area contributed by atoms with Crippen molar-refractivity contribution in [3.05, 3.63) is 88.7 Å². The minimum Gasteiger partial charge on any atom is -0.495 e. The molecule has 8 nitrogen and oxygen atoms in total. The lowest BCUT2D eigenvalue weighted by molar-refractivity contribution is -0.140. The Morgan fingerprint density at radius 2 is 1.63 bits per heavy atom. The van der Waals surface area contributed by atoms with Crippen LogP contribution in [0.1, 0.15) is 38.8 Å². The van der Waals surface area contributed by atoms with Gasteiger partial charge < -0.3 is 15.0 Å². The van der Waals surface area contributed by atoms with Gasteiger partial charge in [0.25, 0.3) is 10.0 Å². The lowest BCUT2D eigenvalue weighted by Gasteiger charge is -2.33. The highest BCUT2D eigenvalue weighted by atomic mass is 35.5. The summed E-state index contributed by atoms with van der Waals surface area (Å²) in [5, 5.41) is 3.01. The second-order valence-corrected chi connectivity index (χ2v) is 13.0. The molecule has 0 heterocycles. The number of anilines is 1. The molecule has 0 aliphatic rings. The number of hydrogen-bond acceptors (Lipinski definition) is 5. The summed E-state index contributed by atoms with van der Waals surface area (Å²) in [5.74, 6) is -1.18. The van der Waals surface area contributed by atoms with E-state index in [1.807, 2.05) is 27.7 Å². The zero-order chi connectivity index (χ0) is 30.5. The normalized spacial score (nSPS) is 12.4. The van der Waals surface area contributed by atoms with E-state index < -0.39 is 45.8 Å². The second kappa shape index (κ2) is 12.9. The van der Waals surface area contributed by atoms with Gasteiger partial charge in [0.15, 0.2) is 0 Å². The zero-order valence-electron chi connectivity index (χ0n) is 23.9. The molecule has 0 aliphatic carbocycles. The lowest BCUT2D eigenvalue weighted by Crippen LogP contribution is -2.54. The first-order valence-electron chi connectivity index (χ1n) is 12.9. The van der Waals surface area contributed by atoms with Crippen molar-refractivity contribution in [2.45, 2.75) is 57.6 Å². The van der Waals surface area contributed by atoms with Crippen LogP contribution in [-0.4, -0.2) is 50.4 Å². The molecule has 1 unspecified atom stereocenters. The molecular weight excluding hydrogens is 569 g/mol. The van der Waals surface area contributed by atoms with Gasteiger partial charge in [-0.15, -0.1) is 0 Å². The highest BCUT2D eigenvalue weighted by Gasteiger charge is 2.33. The fraction of sp³-hybridized carbons (Fsp3) is 0.333. The van der Waals surface area contributed by atoms with Crippen LogP contribution in [0.3, 0.4) is 0 Å². The molecule has 41 heavy (non-hydrogen) atoms. The van der Waals surface area contributed by atoms with E-state index in [1.54, 1.807) is 19.1 Å². The number of nitrogens with one attached hydrogen (secondary N) is 1. The molecule has 0 saturated heterocycles. The minimum absolute atomic E-state index is 0.0218. The van der Waals surface area contributed by atoms with Gasteiger partial charge >= 0.3 is 0 Å². The van der Waals surface area contributed by atoms with Crippen LogP contribution in [-0.2, 0) is 26.2 Å². The Kier molecular flexibility index (Phi) is 10.0. The summed E-state index contributed by atoms with van der Waals surface area (Å²) in [6.07, 6.45) is 0. The molecule has 11 heteroatoms. The molecule has 0 bridgehead atoms. The number of benzene rings is 3. The number of carbonyl (C=O) groups is 2. The first-order chi connectivity index (χ1) is 19.1. The average molecular weight is 604 g/mol. The second-order valence-electron chi connectivity index (χ2n) is 10.7. The van der Waals surface area contributed by atoms with Gasteiger partial charge in [0.2, 0.25) is 11.8 Å². The molecule has 0 radical (unpaired) electrons. The fourth-order valence-electron chi connectivity index (χ4n) is 4.02. The number of sulfonamides is 1. The number of hydrogen-bond donors (Lipinski definition) is 1. The lowest BCUT2D eigenvalue weighted by atomic mass is 10.1. The monoisotopic (exact) mass is 603 g/mol. The Balaban J connectivity index is 2.07. The molecule has 0 aromatic heterocycles. The quantitative estimate of drug-likeness (QED) is 0.338. The third-order valence-electron chi connectivity index (χ3n) is 6.24. The Morgan fingerprint density at radius 1 is 1.02 bits per heavy atom. The summed E-state index contributed by atoms with van der Waals surface area (Å²) in [4.78, 5) is 28.4. The molecular formula is C30H35ClFN3O5S. The van der Waals surface area contributed by atoms with Gasteiger partial charge in [-0.2, -0.15) is 0 Å². The van der Waals surface area contributed by atoms with Gasteiger partial charge in [-0.05, 0) is 82.6 Å². The number of amides is 2. The Bertz CT molecular complexity index is 1490. The van der Waals surface area contributed by atoms with E-state index in [-0.39, 0.29) is 22.2 Å². The summed E-state index contributed by atoms with van der Waals surface area (Å²) >= 11 is 6.34. The standard InChI is InChI=1S/C30H35ClFN3O5S/c1-20-7-14-25(15-8-20)41(38,39)35(24-13-16-27(40-6)26(31)17-24)19-28(36)34(18-22-9-11-23(32)12-10-22)21(2)29(37)33-30(3,4)5/h7-17,21H,18-19H2,1-6H3,(H,33,37). The van der Waals surface area contributed by atoms with E-state index in [1.165, 1.54) is 66.6 Å². The maximum Gasteiger partial charge on any atom is 0.264 e. The van der Waals surface area contributed by atoms with Crippen LogP contribution < -0.4 is 14.4 Å². The molecule has 2 amide bonds. The van der Waals surface area contributed by atoms with Crippen LogP contribution in [0.4, 0.5) is 10.1 Å². The average Bonchev–Trinajstić information content (AvgIpc) is 2.90. The number of carbonyl (C=O) groups excluding carboxylic acids is 2. The van der Waals surface area contributed by atoms with Crippen LogP contribution >= 0.6 is 11.6 Å². The van der Waals surface area contributed by atoms with Crippen molar-refractivity contribution in [3.8, 4) is 5.75 Å². The molecule has 220 valence electrons. The van der Waals surface area contributed by atoms with E-state index in [2.05, 4.69) is 5.32 Å². The van der Waals surface area contributed by atoms with Crippen molar-refractivity contribution in [1.82, 2.24) is 10.2 Å². The van der Waals surface area contributed by atoms with Gasteiger partial charge in [-0.25, -0.2) is 12.8 Å². The van der Waals surface area contributed by atoms with Crippen molar-refractivity contribution in [2.24, 2.45) is 0 Å². The number of halogens is 2. The molecule has 3 aromatic rings. The van der Waals surface area contributed by atoms with Crippen molar-refractivity contribution in [3.63, 3.8) is 0 Å². The van der Waals surface area contributed by atoms with Gasteiger partial charge in [0.05, 0.1) is 22.7 Å². The SMILES string of the molecule is COc1ccc(N(CC(=O)N(Cc2ccc(F)cc2)C(C)C(=O)NC(C)(C)C)S(=O)(=O)c2ccc(C)cc2)cc1Cl. The summed E-state index contributed by atoms with van der Waals surface area (Å²) in [7, 11) is -2.82. The molecule has 0 spiro atoms. The predicted octanol–water partition coefficient (Wildman–Crippen LogP) is 5.32. The van der Waals surface area contributed by atoms with Crippen molar-refractivity contribution >= 4 is 39.1 Å². The van der Waals surface area contributed by atoms with E-state index in [0.717, 1.165) is 9.87 Å². The minimum atomic E-state index is -4.25. The largest absolute Gasteiger partial charge is 0.495 e. The van der Waals surface area contributed by atoms with Gasteiger partial charge in [-0.1, -0.05) is 41.4 Å². The fourth-order valence-corrected chi connectivity index (χ4v) is 5.68. The first-order valence-corrected chi connectivity index (χ1v) is 14.7. The third kappa shape index (κ3) is 8.20. The van der Waals surface area contributed by atoms with Crippen LogP contribution in [0.2, 0.25) is 5.02 Å². The van der Waals surface area contributed by atoms with Crippen LogP contribution in [0, 0.1) is 12.7 Å². The topological polar surface area (TPSA) is 96.0 Å². The molecule has 3 aromatic carbocycles. The summed E-state index contributed by atoms with van der Waals surface area (Å²) in [6.45, 7) is 8.14. The van der Waals surface area contributed by atoms with Crippen LogP contribution in [0.5, 0.6) is 5.75 Å². The number of rotatable bonds is 10. The van der Waals surface area contributed by atoms with Crippen LogP contribution in [0.15, 0.2) is 71.6 Å². The Morgan fingerprint density at radius 3 is 2.17 bits per heavy atom. The number of aryl methyl sites for hydroxylation is 1. The summed E-state index contributed by atoms with van der Waals surface area (Å²) < 4.78 is 47.6. The van der Waals surface area contributed by atoms with Gasteiger partial charge in [0, 0.05) is 12.1 Å². The first kappa shape index (κ1) is 31.9. The summed E-state index contributed by atoms with van der Waals surface area (Å²) in [5.41, 5.74) is 0.994. The maximum absolute atomic E-state index is 14.0. The molecule has 0 saturated carbocycles. The Hall–Kier alpha value is -3.63. The number of nitrogens with zero attached hydrogens (tertiary/aromatic N) is 2. The van der Waals surface area contributed by atoms with Gasteiger partial charge in [-0.3, -0.25) is 13.9 Å². The van der Waals surface area contributed by atoms with Crippen molar-refractivity contribution < 1.29 is 27.1 Å². The maximum atomic E-state index is 14.0. The third-order valence-corrected chi connectivity index (χ3v) is 8.33.